The minimum absolute atomic E-state index is 0.0102. The first-order chi connectivity index (χ1) is 10.1. The summed E-state index contributed by atoms with van der Waals surface area (Å²) >= 11 is 3.59. The maximum Gasteiger partial charge on any atom is 0.0505 e. The number of nitrogens with one attached hydrogen (secondary N) is 1. The molecule has 1 aliphatic rings. The fourth-order valence-corrected chi connectivity index (χ4v) is 3.71. The van der Waals surface area contributed by atoms with Crippen molar-refractivity contribution in [3.05, 3.63) is 70.2 Å². The van der Waals surface area contributed by atoms with Crippen LogP contribution < -0.4 is 5.32 Å². The molecular weight excluding hydrogens is 322 g/mol. The minimum Gasteiger partial charge on any atom is -0.355 e. The third-order valence-corrected chi connectivity index (χ3v) is 5.01. The van der Waals surface area contributed by atoms with Crippen LogP contribution in [0.1, 0.15) is 25.0 Å². The van der Waals surface area contributed by atoms with Crippen LogP contribution in [-0.2, 0) is 5.41 Å². The van der Waals surface area contributed by atoms with Crippen LogP contribution in [0.5, 0.6) is 0 Å². The summed E-state index contributed by atoms with van der Waals surface area (Å²) in [6, 6.07) is 19.5. The second kappa shape index (κ2) is 4.35. The van der Waals surface area contributed by atoms with Gasteiger partial charge in [0.2, 0.25) is 0 Å². The molecule has 1 aliphatic heterocycles. The summed E-state index contributed by atoms with van der Waals surface area (Å²) in [6.07, 6.45) is 0. The molecule has 0 saturated carbocycles. The summed E-state index contributed by atoms with van der Waals surface area (Å²) in [4.78, 5) is 0. The van der Waals surface area contributed by atoms with Crippen LogP contribution in [0.25, 0.3) is 10.8 Å². The van der Waals surface area contributed by atoms with Gasteiger partial charge in [0.05, 0.1) is 5.69 Å². The maximum atomic E-state index is 3.65. The van der Waals surface area contributed by atoms with E-state index in [1.165, 1.54) is 33.3 Å². The Bertz CT molecular complexity index is 865. The van der Waals surface area contributed by atoms with Crippen molar-refractivity contribution in [1.82, 2.24) is 0 Å². The highest BCUT2D eigenvalue weighted by Gasteiger charge is 2.33. The molecule has 1 nitrogen and oxygen atoms in total. The highest BCUT2D eigenvalue weighted by atomic mass is 79.9. The third kappa shape index (κ3) is 1.82. The molecule has 4 rings (SSSR count). The Morgan fingerprint density at radius 2 is 1.71 bits per heavy atom. The normalized spacial score (nSPS) is 15.2. The van der Waals surface area contributed by atoms with Crippen LogP contribution in [0.3, 0.4) is 0 Å². The van der Waals surface area contributed by atoms with Gasteiger partial charge in [0.1, 0.15) is 0 Å². The number of anilines is 2. The van der Waals surface area contributed by atoms with Crippen molar-refractivity contribution in [3.63, 3.8) is 0 Å². The lowest BCUT2D eigenvalue weighted by molar-refractivity contribution is 0.638. The first-order valence-electron chi connectivity index (χ1n) is 7.17. The zero-order valence-electron chi connectivity index (χ0n) is 12.1. The number of benzene rings is 3. The van der Waals surface area contributed by atoms with Crippen molar-refractivity contribution in [3.8, 4) is 0 Å². The van der Waals surface area contributed by atoms with Crippen molar-refractivity contribution < 1.29 is 0 Å². The lowest BCUT2D eigenvalue weighted by Crippen LogP contribution is -2.26. The van der Waals surface area contributed by atoms with Crippen LogP contribution in [0.15, 0.2) is 59.1 Å². The second-order valence-corrected chi connectivity index (χ2v) is 7.06. The topological polar surface area (TPSA) is 12.0 Å². The van der Waals surface area contributed by atoms with Crippen LogP contribution in [-0.4, -0.2) is 0 Å². The summed E-state index contributed by atoms with van der Waals surface area (Å²) in [5, 5.41) is 6.21. The average molecular weight is 338 g/mol. The Kier molecular flexibility index (Phi) is 2.67. The predicted molar refractivity (Wildman–Crippen MR) is 93.5 cm³/mol. The van der Waals surface area contributed by atoms with Crippen molar-refractivity contribution in [1.29, 1.82) is 0 Å². The smallest absolute Gasteiger partial charge is 0.0505 e. The van der Waals surface area contributed by atoms with Crippen molar-refractivity contribution in [2.24, 2.45) is 0 Å². The first-order valence-corrected chi connectivity index (χ1v) is 7.96. The van der Waals surface area contributed by atoms with Gasteiger partial charge in [-0.2, -0.15) is 0 Å². The quantitative estimate of drug-likeness (QED) is 0.531. The van der Waals surface area contributed by atoms with Gasteiger partial charge in [-0.25, -0.2) is 0 Å². The molecule has 0 radical (unpaired) electrons. The van der Waals surface area contributed by atoms with E-state index in [4.69, 9.17) is 0 Å². The molecule has 104 valence electrons. The number of fused-ring (bicyclic) bond motifs is 4. The molecule has 3 aromatic carbocycles. The molecule has 0 amide bonds. The summed E-state index contributed by atoms with van der Waals surface area (Å²) < 4.78 is 1.13. The van der Waals surface area contributed by atoms with E-state index < -0.39 is 0 Å². The average Bonchev–Trinajstić information content (AvgIpc) is 2.48. The first kappa shape index (κ1) is 12.9. The van der Waals surface area contributed by atoms with Gasteiger partial charge in [-0.3, -0.25) is 0 Å². The standard InChI is InChI=1S/C19H16BrN/c1-19(2)15-9-7-12-5-3-4-6-14(12)18(15)21-17-10-8-13(20)11-16(17)19/h3-11,21H,1-2H3. The van der Waals surface area contributed by atoms with E-state index in [0.29, 0.717) is 0 Å². The van der Waals surface area contributed by atoms with Gasteiger partial charge in [-0.05, 0) is 34.7 Å². The molecule has 0 spiro atoms. The Morgan fingerprint density at radius 1 is 0.905 bits per heavy atom. The molecule has 0 atom stereocenters. The third-order valence-electron chi connectivity index (χ3n) is 4.52. The maximum absolute atomic E-state index is 3.65. The molecule has 0 bridgehead atoms. The molecule has 0 fully saturated rings. The van der Waals surface area contributed by atoms with Crippen molar-refractivity contribution in [2.75, 3.05) is 5.32 Å². The molecule has 0 aliphatic carbocycles. The molecule has 3 aromatic rings. The fraction of sp³-hybridized carbons (Fsp3) is 0.158. The molecular formula is C19H16BrN. The van der Waals surface area contributed by atoms with Crippen LogP contribution in [0.2, 0.25) is 0 Å². The van der Waals surface area contributed by atoms with Gasteiger partial charge in [0.15, 0.2) is 0 Å². The van der Waals surface area contributed by atoms with Crippen molar-refractivity contribution >= 4 is 38.1 Å². The van der Waals surface area contributed by atoms with Gasteiger partial charge in [0.25, 0.3) is 0 Å². The van der Waals surface area contributed by atoms with E-state index in [-0.39, 0.29) is 5.41 Å². The van der Waals surface area contributed by atoms with Crippen LogP contribution >= 0.6 is 15.9 Å². The van der Waals surface area contributed by atoms with E-state index in [2.05, 4.69) is 89.7 Å². The summed E-state index contributed by atoms with van der Waals surface area (Å²) in [7, 11) is 0. The summed E-state index contributed by atoms with van der Waals surface area (Å²) in [6.45, 7) is 4.60. The zero-order chi connectivity index (χ0) is 14.6. The molecule has 0 saturated heterocycles. The largest absolute Gasteiger partial charge is 0.355 e. The van der Waals surface area contributed by atoms with Gasteiger partial charge < -0.3 is 5.32 Å². The minimum atomic E-state index is -0.0102. The Morgan fingerprint density at radius 3 is 2.57 bits per heavy atom. The number of hydrogen-bond donors (Lipinski definition) is 1. The molecule has 0 aromatic heterocycles. The fourth-order valence-electron chi connectivity index (χ4n) is 3.35. The Hall–Kier alpha value is -1.80. The SMILES string of the molecule is CC1(C)c2cc(Br)ccc2Nc2c1ccc1ccccc21. The molecule has 21 heavy (non-hydrogen) atoms. The monoisotopic (exact) mass is 337 g/mol. The number of hydrogen-bond acceptors (Lipinski definition) is 1. The second-order valence-electron chi connectivity index (χ2n) is 6.15. The lowest BCUT2D eigenvalue weighted by Gasteiger charge is -2.36. The lowest BCUT2D eigenvalue weighted by atomic mass is 9.73. The van der Waals surface area contributed by atoms with Crippen LogP contribution in [0.4, 0.5) is 11.4 Å². The van der Waals surface area contributed by atoms with Crippen molar-refractivity contribution in [2.45, 2.75) is 19.3 Å². The van der Waals surface area contributed by atoms with E-state index in [1.807, 2.05) is 0 Å². The Balaban J connectivity index is 2.06. The van der Waals surface area contributed by atoms with E-state index in [9.17, 15) is 0 Å². The van der Waals surface area contributed by atoms with Gasteiger partial charge in [-0.1, -0.05) is 66.2 Å². The molecule has 1 heterocycles. The highest BCUT2D eigenvalue weighted by Crippen LogP contribution is 2.48. The van der Waals surface area contributed by atoms with E-state index in [0.717, 1.165) is 4.47 Å². The Labute approximate surface area is 133 Å². The summed E-state index contributed by atoms with van der Waals surface area (Å²) in [5.41, 5.74) is 5.12. The van der Waals surface area contributed by atoms with Crippen LogP contribution in [0, 0.1) is 0 Å². The number of halogens is 1. The zero-order valence-corrected chi connectivity index (χ0v) is 13.7. The highest BCUT2D eigenvalue weighted by molar-refractivity contribution is 9.10. The molecule has 2 heteroatoms. The summed E-state index contributed by atoms with van der Waals surface area (Å²) in [5.74, 6) is 0. The van der Waals surface area contributed by atoms with Gasteiger partial charge >= 0.3 is 0 Å². The van der Waals surface area contributed by atoms with Gasteiger partial charge in [0, 0.05) is 21.0 Å². The van der Waals surface area contributed by atoms with E-state index in [1.54, 1.807) is 0 Å². The molecule has 0 unspecified atom stereocenters. The predicted octanol–water partition coefficient (Wildman–Crippen LogP) is 5.99. The molecule has 1 N–H and O–H groups in total. The number of rotatable bonds is 0. The van der Waals surface area contributed by atoms with E-state index >= 15 is 0 Å². The van der Waals surface area contributed by atoms with Gasteiger partial charge in [-0.15, -0.1) is 0 Å².